The molecule has 0 aromatic heterocycles. The lowest BCUT2D eigenvalue weighted by Crippen LogP contribution is -2.32. The van der Waals surface area contributed by atoms with Crippen molar-refractivity contribution in [2.45, 2.75) is 31.4 Å². The van der Waals surface area contributed by atoms with Crippen molar-refractivity contribution in [3.8, 4) is 5.75 Å². The Morgan fingerprint density at radius 2 is 1.78 bits per heavy atom. The van der Waals surface area contributed by atoms with Gasteiger partial charge in [-0.1, -0.05) is 42.5 Å². The molecule has 0 bridgehead atoms. The number of carbonyl (C=O) groups is 1. The molecule has 7 heteroatoms. The molecule has 2 aromatic rings. The van der Waals surface area contributed by atoms with Gasteiger partial charge < -0.3 is 15.4 Å². The van der Waals surface area contributed by atoms with Gasteiger partial charge in [0.25, 0.3) is 0 Å². The number of hydrogen-bond donors (Lipinski definition) is 1. The molecule has 2 aromatic carbocycles. The van der Waals surface area contributed by atoms with E-state index in [-0.39, 0.29) is 36.0 Å². The molecule has 2 atom stereocenters. The van der Waals surface area contributed by atoms with E-state index in [0.29, 0.717) is 25.9 Å². The molecular weight excluding hydrogens is 374 g/mol. The molecule has 146 valence electrons. The van der Waals surface area contributed by atoms with E-state index in [9.17, 15) is 13.6 Å². The summed E-state index contributed by atoms with van der Waals surface area (Å²) in [5.41, 5.74) is 8.30. The largest absolute Gasteiger partial charge is 0.435 e. The number of nitrogens with two attached hydrogens (primary N) is 1. The van der Waals surface area contributed by atoms with Crippen LogP contribution in [0.3, 0.4) is 0 Å². The van der Waals surface area contributed by atoms with Crippen molar-refractivity contribution >= 4 is 18.3 Å². The van der Waals surface area contributed by atoms with E-state index in [1.807, 2.05) is 35.2 Å². The maximum absolute atomic E-state index is 12.5. The Hall–Kier alpha value is -2.18. The van der Waals surface area contributed by atoms with Crippen molar-refractivity contribution in [3.63, 3.8) is 0 Å². The summed E-state index contributed by atoms with van der Waals surface area (Å²) in [5.74, 6) is 0.337. The van der Waals surface area contributed by atoms with E-state index < -0.39 is 6.61 Å². The summed E-state index contributed by atoms with van der Waals surface area (Å²) in [5, 5.41) is 0. The van der Waals surface area contributed by atoms with E-state index in [1.165, 1.54) is 12.1 Å². The standard InChI is InChI=1S/C20H22F2N2O2.ClH/c21-20(22)26-16-9-6-14(7-10-16)8-11-19(25)24-12-17(18(23)13-24)15-4-2-1-3-5-15;/h1-7,9-10,17-18,20H,8,11-13,23H2;1H/t17-,18+;/m0./s1. The fraction of sp³-hybridized carbons (Fsp3) is 0.350. The Bertz CT molecular complexity index is 729. The Morgan fingerprint density at radius 1 is 1.11 bits per heavy atom. The van der Waals surface area contributed by atoms with Gasteiger partial charge in [0, 0.05) is 31.5 Å². The molecule has 1 amide bonds. The topological polar surface area (TPSA) is 55.6 Å². The molecule has 4 nitrogen and oxygen atoms in total. The number of ether oxygens (including phenoxy) is 1. The van der Waals surface area contributed by atoms with Gasteiger partial charge >= 0.3 is 6.61 Å². The van der Waals surface area contributed by atoms with E-state index in [4.69, 9.17) is 5.73 Å². The zero-order chi connectivity index (χ0) is 18.5. The maximum atomic E-state index is 12.5. The second-order valence-corrected chi connectivity index (χ2v) is 6.50. The molecule has 0 spiro atoms. The number of amides is 1. The van der Waals surface area contributed by atoms with Crippen LogP contribution >= 0.6 is 12.4 Å². The van der Waals surface area contributed by atoms with E-state index in [1.54, 1.807) is 12.1 Å². The van der Waals surface area contributed by atoms with Crippen LogP contribution in [0.15, 0.2) is 54.6 Å². The molecule has 1 heterocycles. The van der Waals surface area contributed by atoms with Gasteiger partial charge in [-0.3, -0.25) is 4.79 Å². The summed E-state index contributed by atoms with van der Waals surface area (Å²) < 4.78 is 28.6. The highest BCUT2D eigenvalue weighted by Gasteiger charge is 2.33. The summed E-state index contributed by atoms with van der Waals surface area (Å²) >= 11 is 0. The normalized spacial score (nSPS) is 19.0. The lowest BCUT2D eigenvalue weighted by atomic mass is 9.95. The van der Waals surface area contributed by atoms with E-state index in [0.717, 1.165) is 11.1 Å². The number of halogens is 3. The van der Waals surface area contributed by atoms with Crippen molar-refractivity contribution in [1.29, 1.82) is 0 Å². The van der Waals surface area contributed by atoms with E-state index in [2.05, 4.69) is 4.74 Å². The van der Waals surface area contributed by atoms with Crippen molar-refractivity contribution < 1.29 is 18.3 Å². The molecule has 0 unspecified atom stereocenters. The molecule has 1 saturated heterocycles. The molecule has 0 aliphatic carbocycles. The first kappa shape index (κ1) is 21.1. The van der Waals surface area contributed by atoms with Gasteiger partial charge in [0.1, 0.15) is 5.75 Å². The summed E-state index contributed by atoms with van der Waals surface area (Å²) in [6.07, 6.45) is 0.915. The van der Waals surface area contributed by atoms with Crippen LogP contribution in [-0.2, 0) is 11.2 Å². The molecule has 1 aliphatic heterocycles. The average molecular weight is 397 g/mol. The fourth-order valence-corrected chi connectivity index (χ4v) is 3.33. The first-order valence-corrected chi connectivity index (χ1v) is 8.65. The molecule has 2 N–H and O–H groups in total. The highest BCUT2D eigenvalue weighted by molar-refractivity contribution is 5.85. The number of aryl methyl sites for hydroxylation is 1. The van der Waals surface area contributed by atoms with Gasteiger partial charge in [-0.05, 0) is 29.7 Å². The number of likely N-dealkylation sites (tertiary alicyclic amines) is 1. The van der Waals surface area contributed by atoms with Crippen molar-refractivity contribution in [2.24, 2.45) is 5.73 Å². The minimum absolute atomic E-state index is 0. The van der Waals surface area contributed by atoms with Crippen molar-refractivity contribution in [2.75, 3.05) is 13.1 Å². The summed E-state index contributed by atoms with van der Waals surface area (Å²) in [6.45, 7) is -1.65. The quantitative estimate of drug-likeness (QED) is 0.811. The second-order valence-electron chi connectivity index (χ2n) is 6.50. The fourth-order valence-electron chi connectivity index (χ4n) is 3.33. The van der Waals surface area contributed by atoms with Crippen LogP contribution in [-0.4, -0.2) is 36.5 Å². The lowest BCUT2D eigenvalue weighted by Gasteiger charge is -2.16. The summed E-state index contributed by atoms with van der Waals surface area (Å²) in [7, 11) is 0. The zero-order valence-electron chi connectivity index (χ0n) is 14.8. The average Bonchev–Trinajstić information content (AvgIpc) is 3.03. The van der Waals surface area contributed by atoms with Crippen molar-refractivity contribution in [3.05, 3.63) is 65.7 Å². The molecule has 0 radical (unpaired) electrons. The molecule has 0 saturated carbocycles. The van der Waals surface area contributed by atoms with Crippen LogP contribution in [0.4, 0.5) is 8.78 Å². The van der Waals surface area contributed by atoms with Gasteiger partial charge in [0.2, 0.25) is 5.91 Å². The van der Waals surface area contributed by atoms with Gasteiger partial charge in [-0.2, -0.15) is 8.78 Å². The zero-order valence-corrected chi connectivity index (χ0v) is 15.6. The van der Waals surface area contributed by atoms with E-state index >= 15 is 0 Å². The van der Waals surface area contributed by atoms with Gasteiger partial charge in [-0.15, -0.1) is 12.4 Å². The molecule has 27 heavy (non-hydrogen) atoms. The lowest BCUT2D eigenvalue weighted by molar-refractivity contribution is -0.130. The van der Waals surface area contributed by atoms with Crippen molar-refractivity contribution in [1.82, 2.24) is 4.90 Å². The Morgan fingerprint density at radius 3 is 2.41 bits per heavy atom. The summed E-state index contributed by atoms with van der Waals surface area (Å²) in [6, 6.07) is 16.3. The van der Waals surface area contributed by atoms with Gasteiger partial charge in [0.15, 0.2) is 0 Å². The Labute approximate surface area is 163 Å². The molecule has 1 fully saturated rings. The maximum Gasteiger partial charge on any atom is 0.387 e. The minimum Gasteiger partial charge on any atom is -0.435 e. The number of rotatable bonds is 6. The third-order valence-electron chi connectivity index (χ3n) is 4.72. The number of benzene rings is 2. The number of carbonyl (C=O) groups excluding carboxylic acids is 1. The monoisotopic (exact) mass is 396 g/mol. The van der Waals surface area contributed by atoms with Crippen LogP contribution in [0.5, 0.6) is 5.75 Å². The van der Waals surface area contributed by atoms with Crippen LogP contribution in [0, 0.1) is 0 Å². The van der Waals surface area contributed by atoms with Crippen LogP contribution in [0.1, 0.15) is 23.5 Å². The van der Waals surface area contributed by atoms with Gasteiger partial charge in [-0.25, -0.2) is 0 Å². The SMILES string of the molecule is Cl.N[C@@H]1CN(C(=O)CCc2ccc(OC(F)F)cc2)C[C@H]1c1ccccc1. The van der Waals surface area contributed by atoms with Crippen LogP contribution < -0.4 is 10.5 Å². The highest BCUT2D eigenvalue weighted by Crippen LogP contribution is 2.27. The minimum atomic E-state index is -2.83. The van der Waals surface area contributed by atoms with Crippen LogP contribution in [0.25, 0.3) is 0 Å². The predicted octanol–water partition coefficient (Wildman–Crippen LogP) is 3.60. The summed E-state index contributed by atoms with van der Waals surface area (Å²) in [4.78, 5) is 14.3. The first-order chi connectivity index (χ1) is 12.5. The second kappa shape index (κ2) is 9.67. The number of alkyl halides is 2. The molecule has 3 rings (SSSR count). The Kier molecular flexibility index (Phi) is 7.56. The third-order valence-corrected chi connectivity index (χ3v) is 4.72. The first-order valence-electron chi connectivity index (χ1n) is 8.65. The third kappa shape index (κ3) is 5.65. The van der Waals surface area contributed by atoms with Crippen LogP contribution in [0.2, 0.25) is 0 Å². The predicted molar refractivity (Wildman–Crippen MR) is 102 cm³/mol. The smallest absolute Gasteiger partial charge is 0.387 e. The molecular formula is C20H23ClF2N2O2. The number of nitrogens with zero attached hydrogens (tertiary/aromatic N) is 1. The number of hydrogen-bond acceptors (Lipinski definition) is 3. The highest BCUT2D eigenvalue weighted by atomic mass is 35.5. The Balaban J connectivity index is 0.00000261. The van der Waals surface area contributed by atoms with Gasteiger partial charge in [0.05, 0.1) is 0 Å². The molecule has 1 aliphatic rings.